The summed E-state index contributed by atoms with van der Waals surface area (Å²) in [6.07, 6.45) is 5.34. The lowest BCUT2D eigenvalue weighted by molar-refractivity contribution is 0.248. The lowest BCUT2D eigenvalue weighted by Crippen LogP contribution is -2.26. The van der Waals surface area contributed by atoms with E-state index in [0.29, 0.717) is 5.92 Å². The lowest BCUT2D eigenvalue weighted by atomic mass is 9.77. The molecule has 3 unspecified atom stereocenters. The van der Waals surface area contributed by atoms with E-state index < -0.39 is 0 Å². The fourth-order valence-electron chi connectivity index (χ4n) is 3.03. The van der Waals surface area contributed by atoms with Crippen LogP contribution in [0.1, 0.15) is 51.1 Å². The van der Waals surface area contributed by atoms with Gasteiger partial charge in [0.25, 0.3) is 0 Å². The summed E-state index contributed by atoms with van der Waals surface area (Å²) in [7, 11) is 0. The van der Waals surface area contributed by atoms with E-state index in [0.717, 1.165) is 11.7 Å². The third-order valence-corrected chi connectivity index (χ3v) is 4.96. The molecule has 2 N–H and O–H groups in total. The molecule has 0 aromatic heterocycles. The van der Waals surface area contributed by atoms with E-state index in [2.05, 4.69) is 38.1 Å². The number of hydrogen-bond donors (Lipinski definition) is 1. The summed E-state index contributed by atoms with van der Waals surface area (Å²) in [5, 5.41) is 0. The highest BCUT2D eigenvalue weighted by Gasteiger charge is 2.25. The van der Waals surface area contributed by atoms with Crippen molar-refractivity contribution in [2.24, 2.45) is 17.6 Å². The Labute approximate surface area is 116 Å². The summed E-state index contributed by atoms with van der Waals surface area (Å²) in [6, 6.07) is 9.11. The average Bonchev–Trinajstić information content (AvgIpc) is 2.39. The van der Waals surface area contributed by atoms with Crippen LogP contribution in [0.25, 0.3) is 0 Å². The molecule has 3 atom stereocenters. The smallest absolute Gasteiger partial charge is 0.0323 e. The number of rotatable bonds is 4. The molecule has 2 rings (SSSR count). The van der Waals surface area contributed by atoms with Crippen LogP contribution in [0, 0.1) is 11.8 Å². The monoisotopic (exact) mass is 263 g/mol. The molecule has 2 heteroatoms. The van der Waals surface area contributed by atoms with Crippen LogP contribution in [0.4, 0.5) is 0 Å². The molecule has 1 nitrogen and oxygen atoms in total. The second kappa shape index (κ2) is 6.63. The fourth-order valence-corrected chi connectivity index (χ4v) is 3.69. The number of hydrogen-bond acceptors (Lipinski definition) is 2. The first-order valence-corrected chi connectivity index (χ1v) is 8.17. The van der Waals surface area contributed by atoms with Crippen molar-refractivity contribution in [1.82, 2.24) is 0 Å². The first-order chi connectivity index (χ1) is 8.70. The summed E-state index contributed by atoms with van der Waals surface area (Å²) in [4.78, 5) is 1.35. The molecule has 100 valence electrons. The predicted octanol–water partition coefficient (Wildman–Crippen LogP) is 4.62. The van der Waals surface area contributed by atoms with Crippen molar-refractivity contribution < 1.29 is 0 Å². The molecule has 0 amide bonds. The zero-order valence-electron chi connectivity index (χ0n) is 11.6. The highest BCUT2D eigenvalue weighted by Crippen LogP contribution is 2.36. The summed E-state index contributed by atoms with van der Waals surface area (Å²) in [5.74, 6) is 2.66. The van der Waals surface area contributed by atoms with Crippen LogP contribution < -0.4 is 5.73 Å². The van der Waals surface area contributed by atoms with Gasteiger partial charge >= 0.3 is 0 Å². The van der Waals surface area contributed by atoms with E-state index in [4.69, 9.17) is 5.73 Å². The van der Waals surface area contributed by atoms with Gasteiger partial charge in [-0.15, -0.1) is 11.8 Å². The Morgan fingerprint density at radius 3 is 2.61 bits per heavy atom. The first-order valence-electron chi connectivity index (χ1n) is 7.19. The van der Waals surface area contributed by atoms with Gasteiger partial charge in [-0.1, -0.05) is 38.8 Å². The Morgan fingerprint density at radius 1 is 1.28 bits per heavy atom. The third-order valence-electron chi connectivity index (χ3n) is 4.06. The van der Waals surface area contributed by atoms with Gasteiger partial charge in [0.2, 0.25) is 0 Å². The standard InChI is InChI=1S/C16H25NS/c1-3-18-15-9-7-13(8-10-15)16(17)14-6-4-5-12(2)11-14/h7-10,12,14,16H,3-6,11,17H2,1-2H3. The van der Waals surface area contributed by atoms with Gasteiger partial charge in [0.15, 0.2) is 0 Å². The van der Waals surface area contributed by atoms with Gasteiger partial charge in [0.1, 0.15) is 0 Å². The van der Waals surface area contributed by atoms with Crippen LogP contribution in [0.15, 0.2) is 29.2 Å². The zero-order chi connectivity index (χ0) is 13.0. The summed E-state index contributed by atoms with van der Waals surface area (Å²) >= 11 is 1.89. The van der Waals surface area contributed by atoms with Crippen molar-refractivity contribution >= 4 is 11.8 Å². The minimum atomic E-state index is 0.230. The van der Waals surface area contributed by atoms with Crippen molar-refractivity contribution in [2.45, 2.75) is 50.5 Å². The quantitative estimate of drug-likeness (QED) is 0.802. The Balaban J connectivity index is 2.01. The van der Waals surface area contributed by atoms with Crippen molar-refractivity contribution in [2.75, 3.05) is 5.75 Å². The summed E-state index contributed by atoms with van der Waals surface area (Å²) in [6.45, 7) is 4.55. The van der Waals surface area contributed by atoms with Crippen molar-refractivity contribution in [3.05, 3.63) is 29.8 Å². The molecule has 0 aliphatic heterocycles. The number of thioether (sulfide) groups is 1. The van der Waals surface area contributed by atoms with Crippen LogP contribution in [0.5, 0.6) is 0 Å². The zero-order valence-corrected chi connectivity index (χ0v) is 12.4. The molecule has 0 saturated heterocycles. The Morgan fingerprint density at radius 2 is 2.00 bits per heavy atom. The molecule has 0 heterocycles. The van der Waals surface area contributed by atoms with Crippen LogP contribution in [0.2, 0.25) is 0 Å². The third kappa shape index (κ3) is 3.52. The fraction of sp³-hybridized carbons (Fsp3) is 0.625. The number of nitrogens with two attached hydrogens (primary N) is 1. The van der Waals surface area contributed by atoms with E-state index in [1.807, 2.05) is 11.8 Å². The highest BCUT2D eigenvalue weighted by molar-refractivity contribution is 7.99. The molecule has 1 saturated carbocycles. The van der Waals surface area contributed by atoms with Gasteiger partial charge in [-0.05, 0) is 48.1 Å². The maximum Gasteiger partial charge on any atom is 0.0323 e. The van der Waals surface area contributed by atoms with Gasteiger partial charge in [0, 0.05) is 10.9 Å². The normalized spacial score (nSPS) is 25.9. The van der Waals surface area contributed by atoms with Crippen LogP contribution in [-0.2, 0) is 0 Å². The molecule has 1 aliphatic carbocycles. The first kappa shape index (κ1) is 14.0. The average molecular weight is 263 g/mol. The van der Waals surface area contributed by atoms with E-state index in [1.54, 1.807) is 0 Å². The second-order valence-corrected chi connectivity index (χ2v) is 6.90. The topological polar surface area (TPSA) is 26.0 Å². The predicted molar refractivity (Wildman–Crippen MR) is 80.9 cm³/mol. The van der Waals surface area contributed by atoms with E-state index in [9.17, 15) is 0 Å². The molecule has 1 aliphatic rings. The van der Waals surface area contributed by atoms with E-state index in [1.165, 1.54) is 36.1 Å². The Hall–Kier alpha value is -0.470. The molecular formula is C16H25NS. The molecular weight excluding hydrogens is 238 g/mol. The second-order valence-electron chi connectivity index (χ2n) is 5.56. The van der Waals surface area contributed by atoms with Crippen molar-refractivity contribution in [1.29, 1.82) is 0 Å². The summed E-state index contributed by atoms with van der Waals surface area (Å²) < 4.78 is 0. The van der Waals surface area contributed by atoms with E-state index >= 15 is 0 Å². The summed E-state index contributed by atoms with van der Waals surface area (Å²) in [5.41, 5.74) is 7.76. The van der Waals surface area contributed by atoms with Gasteiger partial charge in [0.05, 0.1) is 0 Å². The van der Waals surface area contributed by atoms with Gasteiger partial charge in [-0.3, -0.25) is 0 Å². The molecule has 1 aromatic carbocycles. The molecule has 1 fully saturated rings. The molecule has 0 bridgehead atoms. The minimum absolute atomic E-state index is 0.230. The number of benzene rings is 1. The van der Waals surface area contributed by atoms with Crippen LogP contribution in [0.3, 0.4) is 0 Å². The Kier molecular flexibility index (Phi) is 5.13. The lowest BCUT2D eigenvalue weighted by Gasteiger charge is -2.31. The molecule has 0 spiro atoms. The van der Waals surface area contributed by atoms with Crippen LogP contribution in [-0.4, -0.2) is 5.75 Å². The maximum atomic E-state index is 6.45. The van der Waals surface area contributed by atoms with Crippen LogP contribution >= 0.6 is 11.8 Å². The minimum Gasteiger partial charge on any atom is -0.324 e. The SMILES string of the molecule is CCSc1ccc(C(N)C2CCCC(C)C2)cc1. The molecule has 0 radical (unpaired) electrons. The van der Waals surface area contributed by atoms with Crippen molar-refractivity contribution in [3.63, 3.8) is 0 Å². The Bertz CT molecular complexity index is 360. The van der Waals surface area contributed by atoms with Gasteiger partial charge in [-0.25, -0.2) is 0 Å². The largest absolute Gasteiger partial charge is 0.324 e. The van der Waals surface area contributed by atoms with Gasteiger partial charge in [-0.2, -0.15) is 0 Å². The molecule has 1 aromatic rings. The molecule has 18 heavy (non-hydrogen) atoms. The highest BCUT2D eigenvalue weighted by atomic mass is 32.2. The maximum absolute atomic E-state index is 6.45. The van der Waals surface area contributed by atoms with Gasteiger partial charge < -0.3 is 5.73 Å². The van der Waals surface area contributed by atoms with Crippen molar-refractivity contribution in [3.8, 4) is 0 Å². The van der Waals surface area contributed by atoms with E-state index in [-0.39, 0.29) is 6.04 Å².